The molecular formula is C25H27NO4. The van der Waals surface area contributed by atoms with Gasteiger partial charge in [-0.3, -0.25) is 14.4 Å². The Labute approximate surface area is 177 Å². The van der Waals surface area contributed by atoms with Crippen molar-refractivity contribution in [2.75, 3.05) is 13.2 Å². The highest BCUT2D eigenvalue weighted by Gasteiger charge is 2.38. The molecule has 1 aliphatic carbocycles. The van der Waals surface area contributed by atoms with Crippen LogP contribution in [0.3, 0.4) is 0 Å². The van der Waals surface area contributed by atoms with Gasteiger partial charge < -0.3 is 9.64 Å². The molecule has 0 spiro atoms. The molecule has 156 valence electrons. The summed E-state index contributed by atoms with van der Waals surface area (Å²) in [5.41, 5.74) is 4.16. The summed E-state index contributed by atoms with van der Waals surface area (Å²) in [6.07, 6.45) is 4.52. The van der Waals surface area contributed by atoms with Gasteiger partial charge >= 0.3 is 5.97 Å². The topological polar surface area (TPSA) is 63.7 Å². The molecule has 2 aromatic rings. The summed E-state index contributed by atoms with van der Waals surface area (Å²) in [4.78, 5) is 39.2. The summed E-state index contributed by atoms with van der Waals surface area (Å²) >= 11 is 0. The number of nitrogens with zero attached hydrogens (tertiary/aromatic N) is 1. The molecule has 0 N–H and O–H groups in total. The molecule has 0 unspecified atom stereocenters. The number of carbonyl (C=O) groups is 3. The number of Topliss-reactive ketones (excluding diaryl/α,β-unsaturated/α-hetero) is 1. The van der Waals surface area contributed by atoms with E-state index in [4.69, 9.17) is 4.74 Å². The van der Waals surface area contributed by atoms with E-state index in [-0.39, 0.29) is 30.8 Å². The lowest BCUT2D eigenvalue weighted by Crippen LogP contribution is -2.30. The van der Waals surface area contributed by atoms with Gasteiger partial charge in [-0.05, 0) is 55.4 Å². The maximum atomic E-state index is 12.5. The third kappa shape index (κ3) is 4.30. The maximum Gasteiger partial charge on any atom is 0.311 e. The summed E-state index contributed by atoms with van der Waals surface area (Å²) in [6, 6.07) is 15.4. The van der Waals surface area contributed by atoms with Crippen molar-refractivity contribution in [3.63, 3.8) is 0 Å². The second-order valence-electron chi connectivity index (χ2n) is 8.26. The first kappa shape index (κ1) is 20.3. The highest BCUT2D eigenvalue weighted by Crippen LogP contribution is 2.29. The standard InChI is InChI=1S/C25H27NO4/c1-17(18-7-3-2-4-8-18)26-15-22(14-24(26)28)25(29)30-16-23(27)21-12-11-19-9-5-6-10-20(19)13-21/h2-4,7-8,11-13,17,22H,5-6,9-10,14-16H2,1H3/t17-,22-/m1/s1. The number of aryl methyl sites for hydroxylation is 2. The largest absolute Gasteiger partial charge is 0.457 e. The number of esters is 1. The summed E-state index contributed by atoms with van der Waals surface area (Å²) in [6.45, 7) is 2.00. The molecule has 0 saturated carbocycles. The normalized spacial score (nSPS) is 19.3. The number of ether oxygens (including phenoxy) is 1. The minimum absolute atomic E-state index is 0.0608. The van der Waals surface area contributed by atoms with Crippen molar-refractivity contribution in [2.24, 2.45) is 5.92 Å². The number of rotatable bonds is 6. The van der Waals surface area contributed by atoms with Crippen molar-refractivity contribution in [1.82, 2.24) is 4.90 Å². The van der Waals surface area contributed by atoms with E-state index in [1.54, 1.807) is 4.90 Å². The molecular weight excluding hydrogens is 378 g/mol. The fraction of sp³-hybridized carbons (Fsp3) is 0.400. The zero-order chi connectivity index (χ0) is 21.1. The molecule has 1 fully saturated rings. The number of benzene rings is 2. The Morgan fingerprint density at radius 2 is 1.80 bits per heavy atom. The summed E-state index contributed by atoms with van der Waals surface area (Å²) in [5.74, 6) is -1.26. The summed E-state index contributed by atoms with van der Waals surface area (Å²) < 4.78 is 5.30. The molecule has 0 bridgehead atoms. The highest BCUT2D eigenvalue weighted by molar-refractivity contribution is 5.98. The van der Waals surface area contributed by atoms with Crippen LogP contribution in [0.25, 0.3) is 0 Å². The molecule has 1 heterocycles. The van der Waals surface area contributed by atoms with Crippen LogP contribution in [0, 0.1) is 5.92 Å². The van der Waals surface area contributed by atoms with Gasteiger partial charge in [0.15, 0.2) is 12.4 Å². The SMILES string of the molecule is C[C@H](c1ccccc1)N1C[C@H](C(=O)OCC(=O)c2ccc3c(c2)CCCC3)CC1=O. The number of hydrogen-bond acceptors (Lipinski definition) is 4. The van der Waals surface area contributed by atoms with Crippen molar-refractivity contribution in [3.8, 4) is 0 Å². The van der Waals surface area contributed by atoms with Gasteiger partial charge in [-0.25, -0.2) is 0 Å². The lowest BCUT2D eigenvalue weighted by molar-refractivity contribution is -0.147. The molecule has 1 amide bonds. The van der Waals surface area contributed by atoms with Crippen molar-refractivity contribution >= 4 is 17.7 Å². The lowest BCUT2D eigenvalue weighted by Gasteiger charge is -2.25. The molecule has 1 aliphatic heterocycles. The van der Waals surface area contributed by atoms with Crippen LogP contribution in [0.2, 0.25) is 0 Å². The fourth-order valence-corrected chi connectivity index (χ4v) is 4.42. The molecule has 0 aromatic heterocycles. The molecule has 2 atom stereocenters. The first-order valence-electron chi connectivity index (χ1n) is 10.7. The van der Waals surface area contributed by atoms with Gasteiger partial charge in [-0.15, -0.1) is 0 Å². The van der Waals surface area contributed by atoms with Gasteiger partial charge in [0.2, 0.25) is 5.91 Å². The predicted molar refractivity (Wildman–Crippen MR) is 113 cm³/mol. The van der Waals surface area contributed by atoms with Gasteiger partial charge in [0, 0.05) is 18.5 Å². The summed E-state index contributed by atoms with van der Waals surface area (Å²) in [7, 11) is 0. The monoisotopic (exact) mass is 405 g/mol. The number of ketones is 1. The number of likely N-dealkylation sites (tertiary alicyclic amines) is 1. The highest BCUT2D eigenvalue weighted by atomic mass is 16.5. The lowest BCUT2D eigenvalue weighted by atomic mass is 9.90. The van der Waals surface area contributed by atoms with E-state index in [1.165, 1.54) is 17.5 Å². The van der Waals surface area contributed by atoms with Crippen molar-refractivity contribution in [1.29, 1.82) is 0 Å². The number of hydrogen-bond donors (Lipinski definition) is 0. The first-order valence-corrected chi connectivity index (χ1v) is 10.7. The van der Waals surface area contributed by atoms with Crippen molar-refractivity contribution in [2.45, 2.75) is 45.1 Å². The smallest absolute Gasteiger partial charge is 0.311 e. The summed E-state index contributed by atoms with van der Waals surface area (Å²) in [5, 5.41) is 0. The number of fused-ring (bicyclic) bond motifs is 1. The van der Waals surface area contributed by atoms with E-state index in [9.17, 15) is 14.4 Å². The Balaban J connectivity index is 1.33. The van der Waals surface area contributed by atoms with Gasteiger partial charge in [0.25, 0.3) is 0 Å². The molecule has 5 nitrogen and oxygen atoms in total. The second-order valence-corrected chi connectivity index (χ2v) is 8.26. The molecule has 2 aliphatic rings. The third-order valence-electron chi connectivity index (χ3n) is 6.26. The Hall–Kier alpha value is -2.95. The van der Waals surface area contributed by atoms with Crippen LogP contribution in [0.4, 0.5) is 0 Å². The van der Waals surface area contributed by atoms with Crippen LogP contribution in [0.15, 0.2) is 48.5 Å². The quantitative estimate of drug-likeness (QED) is 0.540. The van der Waals surface area contributed by atoms with Crippen LogP contribution in [-0.4, -0.2) is 35.7 Å². The van der Waals surface area contributed by atoms with Gasteiger partial charge in [0.1, 0.15) is 0 Å². The molecule has 5 heteroatoms. The van der Waals surface area contributed by atoms with Gasteiger partial charge in [0.05, 0.1) is 12.0 Å². The Morgan fingerprint density at radius 3 is 2.57 bits per heavy atom. The Morgan fingerprint density at radius 1 is 1.07 bits per heavy atom. The van der Waals surface area contributed by atoms with Crippen LogP contribution >= 0.6 is 0 Å². The average Bonchev–Trinajstić information content (AvgIpc) is 3.18. The number of amides is 1. The van der Waals surface area contributed by atoms with Gasteiger partial charge in [-0.2, -0.15) is 0 Å². The van der Waals surface area contributed by atoms with E-state index in [1.807, 2.05) is 55.5 Å². The predicted octanol–water partition coefficient (Wildman–Crippen LogP) is 3.90. The molecule has 4 rings (SSSR count). The Kier molecular flexibility index (Phi) is 5.98. The number of carbonyl (C=O) groups excluding carboxylic acids is 3. The van der Waals surface area contributed by atoms with E-state index < -0.39 is 11.9 Å². The average molecular weight is 405 g/mol. The van der Waals surface area contributed by atoms with Crippen LogP contribution < -0.4 is 0 Å². The van der Waals surface area contributed by atoms with E-state index >= 15 is 0 Å². The molecule has 1 saturated heterocycles. The Bertz CT molecular complexity index is 953. The van der Waals surface area contributed by atoms with Crippen LogP contribution in [-0.2, 0) is 27.2 Å². The second kappa shape index (κ2) is 8.82. The van der Waals surface area contributed by atoms with E-state index in [0.717, 1.165) is 24.8 Å². The zero-order valence-corrected chi connectivity index (χ0v) is 17.3. The molecule has 30 heavy (non-hydrogen) atoms. The molecule has 2 aromatic carbocycles. The van der Waals surface area contributed by atoms with Crippen LogP contribution in [0.1, 0.15) is 59.3 Å². The first-order chi connectivity index (χ1) is 14.5. The van der Waals surface area contributed by atoms with Crippen LogP contribution in [0.5, 0.6) is 0 Å². The fourth-order valence-electron chi connectivity index (χ4n) is 4.42. The zero-order valence-electron chi connectivity index (χ0n) is 17.3. The minimum atomic E-state index is -0.528. The third-order valence-corrected chi connectivity index (χ3v) is 6.26. The van der Waals surface area contributed by atoms with Crippen molar-refractivity contribution in [3.05, 3.63) is 70.8 Å². The molecule has 0 radical (unpaired) electrons. The minimum Gasteiger partial charge on any atom is -0.457 e. The van der Waals surface area contributed by atoms with E-state index in [2.05, 4.69) is 0 Å². The maximum absolute atomic E-state index is 12.5. The van der Waals surface area contributed by atoms with Gasteiger partial charge in [-0.1, -0.05) is 42.5 Å². The van der Waals surface area contributed by atoms with Crippen molar-refractivity contribution < 1.29 is 19.1 Å². The van der Waals surface area contributed by atoms with E-state index in [0.29, 0.717) is 12.1 Å².